The number of nitrogens with zero attached hydrogens (tertiary/aromatic N) is 4. The van der Waals surface area contributed by atoms with Crippen LogP contribution in [0.1, 0.15) is 15.4 Å². The highest BCUT2D eigenvalue weighted by atomic mass is 32.2. The molecule has 0 atom stereocenters. The van der Waals surface area contributed by atoms with Crippen LogP contribution in [0.3, 0.4) is 0 Å². The van der Waals surface area contributed by atoms with Crippen molar-refractivity contribution in [3.63, 3.8) is 0 Å². The van der Waals surface area contributed by atoms with Gasteiger partial charge in [0.1, 0.15) is 34.2 Å². The van der Waals surface area contributed by atoms with Gasteiger partial charge in [-0.25, -0.2) is 14.5 Å². The molecule has 0 spiro atoms. The van der Waals surface area contributed by atoms with Gasteiger partial charge >= 0.3 is 5.97 Å². The van der Waals surface area contributed by atoms with E-state index in [9.17, 15) is 14.7 Å². The molecule has 3 N–H and O–H groups in total. The van der Waals surface area contributed by atoms with Gasteiger partial charge in [-0.2, -0.15) is 5.10 Å². The SMILES string of the molecule is O=C(O)CNC(=O)c1c(O)cc(SCc2nc3ccccc3s2)n2ncnc12. The van der Waals surface area contributed by atoms with Gasteiger partial charge in [0.25, 0.3) is 5.91 Å². The van der Waals surface area contributed by atoms with Crippen molar-refractivity contribution >= 4 is 50.8 Å². The fraction of sp³-hybridized carbons (Fsp3) is 0.118. The first-order valence-corrected chi connectivity index (χ1v) is 9.86. The zero-order valence-corrected chi connectivity index (χ0v) is 15.8. The lowest BCUT2D eigenvalue weighted by Crippen LogP contribution is -2.29. The Bertz CT molecular complexity index is 1170. The van der Waals surface area contributed by atoms with Crippen LogP contribution in [0, 0.1) is 0 Å². The molecule has 28 heavy (non-hydrogen) atoms. The summed E-state index contributed by atoms with van der Waals surface area (Å²) in [4.78, 5) is 31.5. The highest BCUT2D eigenvalue weighted by molar-refractivity contribution is 7.98. The van der Waals surface area contributed by atoms with Crippen LogP contribution in [0.5, 0.6) is 5.75 Å². The second-order valence-corrected chi connectivity index (χ2v) is 7.79. The van der Waals surface area contributed by atoms with Crippen molar-refractivity contribution in [2.45, 2.75) is 10.8 Å². The quantitative estimate of drug-likeness (QED) is 0.409. The maximum absolute atomic E-state index is 12.2. The number of aliphatic carboxylic acids is 1. The minimum Gasteiger partial charge on any atom is -0.507 e. The molecule has 142 valence electrons. The average Bonchev–Trinajstić information content (AvgIpc) is 3.30. The summed E-state index contributed by atoms with van der Waals surface area (Å²) in [5.41, 5.74) is 0.958. The van der Waals surface area contributed by atoms with Gasteiger partial charge in [0.15, 0.2) is 5.65 Å². The number of carbonyl (C=O) groups is 2. The summed E-state index contributed by atoms with van der Waals surface area (Å²) < 4.78 is 2.53. The zero-order valence-electron chi connectivity index (χ0n) is 14.2. The van der Waals surface area contributed by atoms with Crippen molar-refractivity contribution in [3.8, 4) is 5.75 Å². The third kappa shape index (κ3) is 3.49. The maximum atomic E-state index is 12.2. The van der Waals surface area contributed by atoms with Crippen LogP contribution in [-0.4, -0.2) is 48.2 Å². The van der Waals surface area contributed by atoms with E-state index in [0.29, 0.717) is 10.8 Å². The Hall–Kier alpha value is -3.18. The Balaban J connectivity index is 1.61. The van der Waals surface area contributed by atoms with Crippen LogP contribution < -0.4 is 5.32 Å². The fourth-order valence-corrected chi connectivity index (χ4v) is 4.58. The van der Waals surface area contributed by atoms with Gasteiger partial charge in [-0.15, -0.1) is 11.3 Å². The number of rotatable bonds is 6. The van der Waals surface area contributed by atoms with E-state index in [4.69, 9.17) is 5.11 Å². The van der Waals surface area contributed by atoms with Gasteiger partial charge in [-0.3, -0.25) is 9.59 Å². The number of nitrogens with one attached hydrogen (secondary N) is 1. The Kier molecular flexibility index (Phi) is 4.84. The maximum Gasteiger partial charge on any atom is 0.322 e. The smallest absolute Gasteiger partial charge is 0.322 e. The molecule has 0 saturated carbocycles. The lowest BCUT2D eigenvalue weighted by Gasteiger charge is -2.09. The lowest BCUT2D eigenvalue weighted by molar-refractivity contribution is -0.135. The van der Waals surface area contributed by atoms with Crippen LogP contribution in [0.2, 0.25) is 0 Å². The van der Waals surface area contributed by atoms with Gasteiger partial charge in [-0.05, 0) is 12.1 Å². The van der Waals surface area contributed by atoms with E-state index < -0.39 is 18.4 Å². The summed E-state index contributed by atoms with van der Waals surface area (Å²) in [7, 11) is 0. The van der Waals surface area contributed by atoms with Crippen LogP contribution in [0.4, 0.5) is 0 Å². The van der Waals surface area contributed by atoms with Gasteiger partial charge in [-0.1, -0.05) is 23.9 Å². The van der Waals surface area contributed by atoms with E-state index in [1.807, 2.05) is 24.3 Å². The first kappa shape index (κ1) is 18.2. The Morgan fingerprint density at radius 2 is 2.11 bits per heavy atom. The van der Waals surface area contributed by atoms with Crippen molar-refractivity contribution in [2.24, 2.45) is 0 Å². The Morgan fingerprint density at radius 3 is 2.89 bits per heavy atom. The molecule has 1 aromatic carbocycles. The zero-order chi connectivity index (χ0) is 19.7. The molecular weight excluding hydrogens is 402 g/mol. The number of thiazole rings is 1. The van der Waals surface area contributed by atoms with Crippen molar-refractivity contribution in [3.05, 3.63) is 47.2 Å². The molecule has 0 radical (unpaired) electrons. The normalized spacial score (nSPS) is 11.1. The number of amides is 1. The Morgan fingerprint density at radius 1 is 1.29 bits per heavy atom. The molecule has 3 aromatic heterocycles. The molecule has 0 unspecified atom stereocenters. The lowest BCUT2D eigenvalue weighted by atomic mass is 10.2. The standard InChI is InChI=1S/C17H13N5O4S2/c23-10-5-13(27-7-12-21-9-3-1-2-4-11(9)28-12)22-16(19-8-20-22)15(10)17(26)18-6-14(24)25/h1-5,8,23H,6-7H2,(H,18,26)(H,24,25). The number of carboxylic acids is 1. The van der Waals surface area contributed by atoms with E-state index in [1.54, 1.807) is 11.3 Å². The third-order valence-corrected chi connectivity index (χ3v) is 6.03. The average molecular weight is 415 g/mol. The number of carboxylic acid groups (broad SMARTS) is 1. The summed E-state index contributed by atoms with van der Waals surface area (Å²) in [6.07, 6.45) is 1.27. The molecule has 0 saturated heterocycles. The predicted molar refractivity (Wildman–Crippen MR) is 104 cm³/mol. The van der Waals surface area contributed by atoms with E-state index >= 15 is 0 Å². The van der Waals surface area contributed by atoms with Crippen molar-refractivity contribution in [1.82, 2.24) is 24.9 Å². The van der Waals surface area contributed by atoms with Crippen LogP contribution in [0.15, 0.2) is 41.7 Å². The van der Waals surface area contributed by atoms with E-state index in [-0.39, 0.29) is 17.0 Å². The largest absolute Gasteiger partial charge is 0.507 e. The molecular formula is C17H13N5O4S2. The van der Waals surface area contributed by atoms with Gasteiger partial charge in [0.05, 0.1) is 16.0 Å². The summed E-state index contributed by atoms with van der Waals surface area (Å²) in [5, 5.41) is 26.9. The first-order valence-electron chi connectivity index (χ1n) is 8.06. The van der Waals surface area contributed by atoms with Gasteiger partial charge in [0.2, 0.25) is 0 Å². The number of carbonyl (C=O) groups excluding carboxylic acids is 1. The molecule has 0 aliphatic carbocycles. The molecule has 3 heterocycles. The molecule has 4 rings (SSSR count). The number of para-hydroxylation sites is 1. The number of fused-ring (bicyclic) bond motifs is 2. The molecule has 0 fully saturated rings. The minimum atomic E-state index is -1.19. The van der Waals surface area contributed by atoms with Crippen molar-refractivity contribution < 1.29 is 19.8 Å². The number of hydrogen-bond acceptors (Lipinski definition) is 8. The van der Waals surface area contributed by atoms with Crippen molar-refractivity contribution in [2.75, 3.05) is 6.54 Å². The van der Waals surface area contributed by atoms with Gasteiger partial charge in [0, 0.05) is 6.07 Å². The summed E-state index contributed by atoms with van der Waals surface area (Å²) in [5.74, 6) is -1.66. The van der Waals surface area contributed by atoms with E-state index in [0.717, 1.165) is 15.2 Å². The number of benzene rings is 1. The minimum absolute atomic E-state index is 0.122. The predicted octanol–water partition coefficient (Wildman–Crippen LogP) is 2.15. The number of pyridine rings is 1. The third-order valence-electron chi connectivity index (χ3n) is 3.81. The molecule has 0 aliphatic heterocycles. The molecule has 4 aromatic rings. The summed E-state index contributed by atoms with van der Waals surface area (Å²) in [6, 6.07) is 9.27. The van der Waals surface area contributed by atoms with E-state index in [1.165, 1.54) is 28.7 Å². The first-order chi connectivity index (χ1) is 13.5. The number of aromatic hydroxyl groups is 1. The highest BCUT2D eigenvalue weighted by Gasteiger charge is 2.21. The number of thioether (sulfide) groups is 1. The van der Waals surface area contributed by atoms with Crippen LogP contribution in [0.25, 0.3) is 15.9 Å². The number of hydrogen-bond donors (Lipinski definition) is 3. The molecule has 9 nitrogen and oxygen atoms in total. The van der Waals surface area contributed by atoms with Crippen molar-refractivity contribution in [1.29, 1.82) is 0 Å². The summed E-state index contributed by atoms with van der Waals surface area (Å²) in [6.45, 7) is -0.563. The second kappa shape index (κ2) is 7.44. The topological polar surface area (TPSA) is 130 Å². The molecule has 0 bridgehead atoms. The molecule has 0 aliphatic rings. The second-order valence-electron chi connectivity index (χ2n) is 5.68. The van der Waals surface area contributed by atoms with Crippen LogP contribution >= 0.6 is 23.1 Å². The highest BCUT2D eigenvalue weighted by Crippen LogP contribution is 2.32. The molecule has 11 heteroatoms. The number of aromatic nitrogens is 4. The Labute approximate surface area is 166 Å². The molecule has 1 amide bonds. The monoisotopic (exact) mass is 415 g/mol. The van der Waals surface area contributed by atoms with Crippen LogP contribution in [-0.2, 0) is 10.5 Å². The van der Waals surface area contributed by atoms with E-state index in [2.05, 4.69) is 20.4 Å². The van der Waals surface area contributed by atoms with Gasteiger partial charge < -0.3 is 15.5 Å². The summed E-state index contributed by atoms with van der Waals surface area (Å²) >= 11 is 2.98. The fourth-order valence-electron chi connectivity index (χ4n) is 2.62.